The van der Waals surface area contributed by atoms with Crippen LogP contribution >= 0.6 is 0 Å². The number of alkyl halides is 3. The summed E-state index contributed by atoms with van der Waals surface area (Å²) < 4.78 is 37.7. The zero-order valence-corrected chi connectivity index (χ0v) is 9.55. The standard InChI is InChI=1S/C11H10F3N3O2/c12-11(13,14)8(18)5-15-10(19)7-6-17-4-2-1-3-9(17)16-7/h1-4,6,8,18H,5H2,(H,15,19). The van der Waals surface area contributed by atoms with Crippen molar-refractivity contribution in [2.75, 3.05) is 6.54 Å². The molecule has 1 unspecified atom stereocenters. The van der Waals surface area contributed by atoms with E-state index in [1.165, 1.54) is 6.20 Å². The van der Waals surface area contributed by atoms with Crippen LogP contribution in [0.25, 0.3) is 5.65 Å². The zero-order chi connectivity index (χ0) is 14.0. The van der Waals surface area contributed by atoms with E-state index in [-0.39, 0.29) is 5.69 Å². The Hall–Kier alpha value is -2.09. The Kier molecular flexibility index (Phi) is 3.43. The van der Waals surface area contributed by atoms with Crippen LogP contribution in [0.4, 0.5) is 13.2 Å². The Morgan fingerprint density at radius 2 is 2.21 bits per heavy atom. The predicted molar refractivity (Wildman–Crippen MR) is 59.6 cm³/mol. The average Bonchev–Trinajstić information content (AvgIpc) is 2.78. The lowest BCUT2D eigenvalue weighted by molar-refractivity contribution is -0.201. The molecule has 2 N–H and O–H groups in total. The summed E-state index contributed by atoms with van der Waals surface area (Å²) in [6.45, 7) is -0.907. The molecule has 0 aliphatic carbocycles. The minimum Gasteiger partial charge on any atom is -0.382 e. The van der Waals surface area contributed by atoms with E-state index in [1.807, 2.05) is 5.32 Å². The third kappa shape index (κ3) is 3.02. The van der Waals surface area contributed by atoms with Gasteiger partial charge in [0.2, 0.25) is 0 Å². The van der Waals surface area contributed by atoms with Gasteiger partial charge in [0.05, 0.1) is 6.54 Å². The SMILES string of the molecule is O=C(NCC(O)C(F)(F)F)c1cn2ccccc2n1. The number of fused-ring (bicyclic) bond motifs is 1. The van der Waals surface area contributed by atoms with Crippen molar-refractivity contribution in [2.45, 2.75) is 12.3 Å². The van der Waals surface area contributed by atoms with E-state index in [0.717, 1.165) is 0 Å². The number of carbonyl (C=O) groups excluding carboxylic acids is 1. The van der Waals surface area contributed by atoms with Gasteiger partial charge in [-0.05, 0) is 12.1 Å². The highest BCUT2D eigenvalue weighted by Gasteiger charge is 2.38. The van der Waals surface area contributed by atoms with Crippen LogP contribution in [0.3, 0.4) is 0 Å². The quantitative estimate of drug-likeness (QED) is 0.876. The van der Waals surface area contributed by atoms with Crippen LogP contribution < -0.4 is 5.32 Å². The molecule has 2 aromatic heterocycles. The molecule has 0 radical (unpaired) electrons. The number of hydrogen-bond acceptors (Lipinski definition) is 3. The van der Waals surface area contributed by atoms with Crippen molar-refractivity contribution >= 4 is 11.6 Å². The van der Waals surface area contributed by atoms with Crippen molar-refractivity contribution in [3.8, 4) is 0 Å². The van der Waals surface area contributed by atoms with Crippen molar-refractivity contribution in [1.82, 2.24) is 14.7 Å². The molecular formula is C11H10F3N3O2. The Labute approximate surface area is 105 Å². The van der Waals surface area contributed by atoms with Crippen LogP contribution in [0.5, 0.6) is 0 Å². The number of amides is 1. The van der Waals surface area contributed by atoms with Crippen molar-refractivity contribution < 1.29 is 23.1 Å². The van der Waals surface area contributed by atoms with Gasteiger partial charge in [0.1, 0.15) is 11.3 Å². The van der Waals surface area contributed by atoms with Gasteiger partial charge in [0.25, 0.3) is 5.91 Å². The van der Waals surface area contributed by atoms with E-state index in [2.05, 4.69) is 4.98 Å². The second-order valence-electron chi connectivity index (χ2n) is 3.86. The van der Waals surface area contributed by atoms with Gasteiger partial charge < -0.3 is 14.8 Å². The normalized spacial score (nSPS) is 13.5. The van der Waals surface area contributed by atoms with E-state index < -0.39 is 24.7 Å². The highest BCUT2D eigenvalue weighted by Crippen LogP contribution is 2.19. The largest absolute Gasteiger partial charge is 0.416 e. The number of nitrogens with zero attached hydrogens (tertiary/aromatic N) is 2. The smallest absolute Gasteiger partial charge is 0.382 e. The second kappa shape index (κ2) is 4.88. The second-order valence-corrected chi connectivity index (χ2v) is 3.86. The monoisotopic (exact) mass is 273 g/mol. The summed E-state index contributed by atoms with van der Waals surface area (Å²) in [5, 5.41) is 10.7. The average molecular weight is 273 g/mol. The molecule has 102 valence electrons. The first-order valence-electron chi connectivity index (χ1n) is 5.34. The molecule has 0 aromatic carbocycles. The summed E-state index contributed by atoms with van der Waals surface area (Å²) in [4.78, 5) is 15.5. The first-order chi connectivity index (χ1) is 8.88. The van der Waals surface area contributed by atoms with E-state index in [4.69, 9.17) is 5.11 Å². The van der Waals surface area contributed by atoms with Gasteiger partial charge >= 0.3 is 6.18 Å². The highest BCUT2D eigenvalue weighted by atomic mass is 19.4. The maximum Gasteiger partial charge on any atom is 0.416 e. The zero-order valence-electron chi connectivity index (χ0n) is 9.55. The lowest BCUT2D eigenvalue weighted by Crippen LogP contribution is -2.40. The van der Waals surface area contributed by atoms with Gasteiger partial charge in [-0.15, -0.1) is 0 Å². The molecule has 1 atom stereocenters. The maximum absolute atomic E-state index is 12.0. The number of imidazole rings is 1. The number of aliphatic hydroxyl groups excluding tert-OH is 1. The fourth-order valence-electron chi connectivity index (χ4n) is 1.44. The van der Waals surface area contributed by atoms with Gasteiger partial charge in [-0.25, -0.2) is 4.98 Å². The molecular weight excluding hydrogens is 263 g/mol. The number of halogens is 3. The number of rotatable bonds is 3. The molecule has 0 bridgehead atoms. The molecule has 0 aliphatic rings. The van der Waals surface area contributed by atoms with Crippen LogP contribution in [-0.4, -0.2) is 39.2 Å². The number of carbonyl (C=O) groups is 1. The van der Waals surface area contributed by atoms with Gasteiger partial charge in [0, 0.05) is 12.4 Å². The third-order valence-corrected chi connectivity index (χ3v) is 2.43. The number of nitrogens with one attached hydrogen (secondary N) is 1. The molecule has 0 saturated heterocycles. The van der Waals surface area contributed by atoms with Crippen molar-refractivity contribution in [2.24, 2.45) is 0 Å². The molecule has 0 saturated carbocycles. The lowest BCUT2D eigenvalue weighted by atomic mass is 10.3. The van der Waals surface area contributed by atoms with Crippen LogP contribution in [0, 0.1) is 0 Å². The van der Waals surface area contributed by atoms with Crippen molar-refractivity contribution in [3.63, 3.8) is 0 Å². The van der Waals surface area contributed by atoms with Gasteiger partial charge in [-0.3, -0.25) is 4.79 Å². The first-order valence-corrected chi connectivity index (χ1v) is 5.34. The first kappa shape index (κ1) is 13.3. The number of pyridine rings is 1. The molecule has 19 heavy (non-hydrogen) atoms. The van der Waals surface area contributed by atoms with Crippen molar-refractivity contribution in [3.05, 3.63) is 36.3 Å². The van der Waals surface area contributed by atoms with E-state index in [9.17, 15) is 18.0 Å². The van der Waals surface area contributed by atoms with E-state index >= 15 is 0 Å². The van der Waals surface area contributed by atoms with E-state index in [0.29, 0.717) is 5.65 Å². The summed E-state index contributed by atoms with van der Waals surface area (Å²) in [5.41, 5.74) is 0.490. The summed E-state index contributed by atoms with van der Waals surface area (Å²) in [5.74, 6) is -0.771. The van der Waals surface area contributed by atoms with E-state index in [1.54, 1.807) is 28.8 Å². The Bertz CT molecular complexity index is 561. The number of aliphatic hydroxyl groups is 1. The number of aromatic nitrogens is 2. The molecule has 0 spiro atoms. The molecule has 0 fully saturated rings. The van der Waals surface area contributed by atoms with Gasteiger partial charge in [-0.2, -0.15) is 13.2 Å². The summed E-state index contributed by atoms with van der Waals surface area (Å²) in [6, 6.07) is 5.10. The van der Waals surface area contributed by atoms with Gasteiger partial charge in [0.15, 0.2) is 6.10 Å². The third-order valence-electron chi connectivity index (χ3n) is 2.43. The molecule has 2 heterocycles. The Morgan fingerprint density at radius 3 is 2.84 bits per heavy atom. The van der Waals surface area contributed by atoms with Gasteiger partial charge in [-0.1, -0.05) is 6.07 Å². The molecule has 2 aromatic rings. The molecule has 2 rings (SSSR count). The van der Waals surface area contributed by atoms with Crippen LogP contribution in [0.1, 0.15) is 10.5 Å². The van der Waals surface area contributed by atoms with Crippen LogP contribution in [0.15, 0.2) is 30.6 Å². The van der Waals surface area contributed by atoms with Crippen molar-refractivity contribution in [1.29, 1.82) is 0 Å². The molecule has 0 aliphatic heterocycles. The lowest BCUT2D eigenvalue weighted by Gasteiger charge is -2.14. The molecule has 1 amide bonds. The maximum atomic E-state index is 12.0. The predicted octanol–water partition coefficient (Wildman–Crippen LogP) is 0.987. The fourth-order valence-corrected chi connectivity index (χ4v) is 1.44. The van der Waals surface area contributed by atoms with Crippen LogP contribution in [0.2, 0.25) is 0 Å². The van der Waals surface area contributed by atoms with Crippen LogP contribution in [-0.2, 0) is 0 Å². The summed E-state index contributed by atoms with van der Waals surface area (Å²) in [7, 11) is 0. The Balaban J connectivity index is 2.04. The molecule has 8 heteroatoms. The fraction of sp³-hybridized carbons (Fsp3) is 0.273. The topological polar surface area (TPSA) is 66.6 Å². The summed E-state index contributed by atoms with van der Waals surface area (Å²) >= 11 is 0. The minimum absolute atomic E-state index is 0.0134. The highest BCUT2D eigenvalue weighted by molar-refractivity contribution is 5.92. The number of hydrogen-bond donors (Lipinski definition) is 2. The summed E-state index contributed by atoms with van der Waals surface area (Å²) in [6.07, 6.45) is -4.30. The molecule has 5 nitrogen and oxygen atoms in total. The Morgan fingerprint density at radius 1 is 1.47 bits per heavy atom. The minimum atomic E-state index is -4.76.